The molecule has 0 aliphatic heterocycles. The first-order valence-corrected chi connectivity index (χ1v) is 6.51. The van der Waals surface area contributed by atoms with Gasteiger partial charge >= 0.3 is 0 Å². The van der Waals surface area contributed by atoms with Crippen molar-refractivity contribution in [2.75, 3.05) is 0 Å². The molecular formula is C17H19NO. The average Bonchev–Trinajstić information content (AvgIpc) is 2.39. The van der Waals surface area contributed by atoms with E-state index in [4.69, 9.17) is 0 Å². The second-order valence-electron chi connectivity index (χ2n) is 4.92. The van der Waals surface area contributed by atoms with E-state index in [9.17, 15) is 4.79 Å². The highest BCUT2D eigenvalue weighted by atomic mass is 16.1. The van der Waals surface area contributed by atoms with Crippen LogP contribution in [0.5, 0.6) is 0 Å². The molecule has 2 heteroatoms. The standard InChI is InChI=1S/C17H19NO/c1-12-9-10-16(13(2)11-12)14(3)18-17(19)15-7-5-4-6-8-15/h4-11,14H,1-3H3,(H,18,19)/t14-/m0/s1. The van der Waals surface area contributed by atoms with Crippen LogP contribution in [0.25, 0.3) is 0 Å². The van der Waals surface area contributed by atoms with E-state index >= 15 is 0 Å². The van der Waals surface area contributed by atoms with Crippen molar-refractivity contribution in [2.24, 2.45) is 0 Å². The van der Waals surface area contributed by atoms with Crippen LogP contribution in [0, 0.1) is 13.8 Å². The van der Waals surface area contributed by atoms with Crippen molar-refractivity contribution in [1.82, 2.24) is 5.32 Å². The number of nitrogens with one attached hydrogen (secondary N) is 1. The van der Waals surface area contributed by atoms with Gasteiger partial charge in [0.15, 0.2) is 0 Å². The molecule has 1 N–H and O–H groups in total. The third-order valence-corrected chi connectivity index (χ3v) is 3.28. The predicted molar refractivity (Wildman–Crippen MR) is 78.2 cm³/mol. The molecule has 0 aliphatic carbocycles. The summed E-state index contributed by atoms with van der Waals surface area (Å²) >= 11 is 0. The Labute approximate surface area is 114 Å². The Hall–Kier alpha value is -2.09. The molecule has 98 valence electrons. The SMILES string of the molecule is Cc1ccc([C@H](C)NC(=O)c2ccccc2)c(C)c1. The molecule has 0 fully saturated rings. The van der Waals surface area contributed by atoms with Crippen LogP contribution in [-0.2, 0) is 0 Å². The number of hydrogen-bond acceptors (Lipinski definition) is 1. The molecule has 0 spiro atoms. The molecule has 0 aromatic heterocycles. The Morgan fingerprint density at radius 1 is 1.05 bits per heavy atom. The van der Waals surface area contributed by atoms with Crippen molar-refractivity contribution in [1.29, 1.82) is 0 Å². The summed E-state index contributed by atoms with van der Waals surface area (Å²) < 4.78 is 0. The lowest BCUT2D eigenvalue weighted by molar-refractivity contribution is 0.0940. The zero-order valence-corrected chi connectivity index (χ0v) is 11.6. The number of rotatable bonds is 3. The number of hydrogen-bond donors (Lipinski definition) is 1. The monoisotopic (exact) mass is 253 g/mol. The molecule has 2 nitrogen and oxygen atoms in total. The van der Waals surface area contributed by atoms with Crippen molar-refractivity contribution in [2.45, 2.75) is 26.8 Å². The Bertz CT molecular complexity index is 575. The maximum atomic E-state index is 12.1. The minimum Gasteiger partial charge on any atom is -0.346 e. The molecule has 2 aromatic rings. The fourth-order valence-corrected chi connectivity index (χ4v) is 2.26. The highest BCUT2D eigenvalue weighted by molar-refractivity contribution is 5.94. The maximum Gasteiger partial charge on any atom is 0.251 e. The second-order valence-corrected chi connectivity index (χ2v) is 4.92. The Morgan fingerprint density at radius 2 is 1.74 bits per heavy atom. The van der Waals surface area contributed by atoms with E-state index in [0.29, 0.717) is 5.56 Å². The van der Waals surface area contributed by atoms with E-state index in [1.165, 1.54) is 11.1 Å². The topological polar surface area (TPSA) is 29.1 Å². The van der Waals surface area contributed by atoms with E-state index in [1.54, 1.807) is 0 Å². The van der Waals surface area contributed by atoms with Gasteiger partial charge < -0.3 is 5.32 Å². The Balaban J connectivity index is 2.13. The normalized spacial score (nSPS) is 11.9. The summed E-state index contributed by atoms with van der Waals surface area (Å²) in [5, 5.41) is 3.03. The van der Waals surface area contributed by atoms with Crippen molar-refractivity contribution >= 4 is 5.91 Å². The van der Waals surface area contributed by atoms with Crippen molar-refractivity contribution in [3.8, 4) is 0 Å². The van der Waals surface area contributed by atoms with E-state index < -0.39 is 0 Å². The van der Waals surface area contributed by atoms with Crippen molar-refractivity contribution in [3.63, 3.8) is 0 Å². The molecule has 1 amide bonds. The third kappa shape index (κ3) is 3.22. The molecule has 0 aliphatic rings. The van der Waals surface area contributed by atoms with E-state index in [2.05, 4.69) is 37.4 Å². The van der Waals surface area contributed by atoms with Gasteiger partial charge in [0.2, 0.25) is 0 Å². The van der Waals surface area contributed by atoms with Crippen LogP contribution in [0.3, 0.4) is 0 Å². The summed E-state index contributed by atoms with van der Waals surface area (Å²) in [4.78, 5) is 12.1. The van der Waals surface area contributed by atoms with Gasteiger partial charge in [-0.1, -0.05) is 42.0 Å². The van der Waals surface area contributed by atoms with Crippen LogP contribution in [0.4, 0.5) is 0 Å². The average molecular weight is 253 g/mol. The van der Waals surface area contributed by atoms with E-state index in [0.717, 1.165) is 5.56 Å². The first-order chi connectivity index (χ1) is 9.08. The van der Waals surface area contributed by atoms with Gasteiger partial charge in [0, 0.05) is 5.56 Å². The van der Waals surface area contributed by atoms with Crippen LogP contribution in [0.1, 0.15) is 40.0 Å². The number of carbonyl (C=O) groups excluding carboxylic acids is 1. The third-order valence-electron chi connectivity index (χ3n) is 3.28. The molecule has 0 bridgehead atoms. The van der Waals surface area contributed by atoms with Gasteiger partial charge in [0.25, 0.3) is 5.91 Å². The van der Waals surface area contributed by atoms with Crippen molar-refractivity contribution in [3.05, 3.63) is 70.8 Å². The smallest absolute Gasteiger partial charge is 0.251 e. The first-order valence-electron chi connectivity index (χ1n) is 6.51. The molecule has 0 unspecified atom stereocenters. The minimum absolute atomic E-state index is 0.00769. The Kier molecular flexibility index (Phi) is 4.00. The second kappa shape index (κ2) is 5.70. The van der Waals surface area contributed by atoms with E-state index in [1.807, 2.05) is 37.3 Å². The fraction of sp³-hybridized carbons (Fsp3) is 0.235. The molecule has 2 aromatic carbocycles. The highest BCUT2D eigenvalue weighted by Gasteiger charge is 2.12. The van der Waals surface area contributed by atoms with E-state index in [-0.39, 0.29) is 11.9 Å². The molecule has 19 heavy (non-hydrogen) atoms. The van der Waals surface area contributed by atoms with Gasteiger partial charge in [-0.25, -0.2) is 0 Å². The molecule has 0 radical (unpaired) electrons. The highest BCUT2D eigenvalue weighted by Crippen LogP contribution is 2.19. The Morgan fingerprint density at radius 3 is 2.37 bits per heavy atom. The van der Waals surface area contributed by atoms with Gasteiger partial charge in [0.1, 0.15) is 0 Å². The summed E-state index contributed by atoms with van der Waals surface area (Å²) in [6.07, 6.45) is 0. The molecule has 0 saturated heterocycles. The first kappa shape index (κ1) is 13.3. The minimum atomic E-state index is -0.0342. The van der Waals surface area contributed by atoms with Gasteiger partial charge in [-0.15, -0.1) is 0 Å². The number of carbonyl (C=O) groups is 1. The van der Waals surface area contributed by atoms with Gasteiger partial charge in [-0.2, -0.15) is 0 Å². The van der Waals surface area contributed by atoms with Gasteiger partial charge in [-0.05, 0) is 44.0 Å². The summed E-state index contributed by atoms with van der Waals surface area (Å²) in [5.74, 6) is -0.0342. The lowest BCUT2D eigenvalue weighted by atomic mass is 10.00. The predicted octanol–water partition coefficient (Wildman–Crippen LogP) is 3.79. The zero-order valence-electron chi connectivity index (χ0n) is 11.6. The molecule has 0 saturated carbocycles. The van der Waals surface area contributed by atoms with Gasteiger partial charge in [0.05, 0.1) is 6.04 Å². The summed E-state index contributed by atoms with van der Waals surface area (Å²) in [6.45, 7) is 6.16. The molecule has 0 heterocycles. The summed E-state index contributed by atoms with van der Waals surface area (Å²) in [6, 6.07) is 15.6. The van der Waals surface area contributed by atoms with Crippen molar-refractivity contribution < 1.29 is 4.79 Å². The van der Waals surface area contributed by atoms with Crippen LogP contribution in [0.2, 0.25) is 0 Å². The van der Waals surface area contributed by atoms with Crippen LogP contribution in [-0.4, -0.2) is 5.91 Å². The number of aryl methyl sites for hydroxylation is 2. The quantitative estimate of drug-likeness (QED) is 0.885. The van der Waals surface area contributed by atoms with Crippen LogP contribution >= 0.6 is 0 Å². The van der Waals surface area contributed by atoms with Crippen LogP contribution < -0.4 is 5.32 Å². The summed E-state index contributed by atoms with van der Waals surface area (Å²) in [5.41, 5.74) is 4.30. The fourth-order valence-electron chi connectivity index (χ4n) is 2.26. The van der Waals surface area contributed by atoms with Gasteiger partial charge in [-0.3, -0.25) is 4.79 Å². The maximum absolute atomic E-state index is 12.1. The molecule has 2 rings (SSSR count). The molecule has 1 atom stereocenters. The van der Waals surface area contributed by atoms with Crippen LogP contribution in [0.15, 0.2) is 48.5 Å². The largest absolute Gasteiger partial charge is 0.346 e. The summed E-state index contributed by atoms with van der Waals surface area (Å²) in [7, 11) is 0. The lowest BCUT2D eigenvalue weighted by Gasteiger charge is -2.17. The lowest BCUT2D eigenvalue weighted by Crippen LogP contribution is -2.27. The number of benzene rings is 2. The molecular weight excluding hydrogens is 234 g/mol. The zero-order chi connectivity index (χ0) is 13.8. The number of amides is 1.